The Labute approximate surface area is 194 Å². The molecule has 1 amide bonds. The first kappa shape index (κ1) is 25.0. The van der Waals surface area contributed by atoms with Gasteiger partial charge in [0.25, 0.3) is 11.8 Å². The number of para-hydroxylation sites is 1. The molecule has 34 heavy (non-hydrogen) atoms. The third kappa shape index (κ3) is 5.28. The van der Waals surface area contributed by atoms with E-state index in [1.165, 1.54) is 37.6 Å². The summed E-state index contributed by atoms with van der Waals surface area (Å²) in [5, 5.41) is 9.26. The monoisotopic (exact) mass is 494 g/mol. The number of aryl methyl sites for hydroxylation is 1. The minimum Gasteiger partial charge on any atom is -0.493 e. The largest absolute Gasteiger partial charge is 0.493 e. The lowest BCUT2D eigenvalue weighted by molar-refractivity contribution is -0.142. The Morgan fingerprint density at radius 3 is 2.41 bits per heavy atom. The third-order valence-corrected chi connectivity index (χ3v) is 5.97. The van der Waals surface area contributed by atoms with Crippen molar-refractivity contribution in [2.75, 3.05) is 18.7 Å². The molecule has 3 aromatic rings. The maximum absolute atomic E-state index is 13.5. The van der Waals surface area contributed by atoms with Gasteiger partial charge in [-0.15, -0.1) is 10.2 Å². The highest BCUT2D eigenvalue weighted by Gasteiger charge is 2.38. The summed E-state index contributed by atoms with van der Waals surface area (Å²) in [5.74, 6) is -0.960. The zero-order valence-corrected chi connectivity index (χ0v) is 19.4. The molecule has 0 bridgehead atoms. The first-order chi connectivity index (χ1) is 15.8. The molecule has 0 fully saturated rings. The molecule has 1 unspecified atom stereocenters. The van der Waals surface area contributed by atoms with Crippen molar-refractivity contribution in [2.45, 2.75) is 24.9 Å². The van der Waals surface area contributed by atoms with Gasteiger partial charge in [0, 0.05) is 16.8 Å². The summed E-state index contributed by atoms with van der Waals surface area (Å²) in [5.41, 5.74) is -1.59. The summed E-state index contributed by atoms with van der Waals surface area (Å²) >= 11 is 0. The highest BCUT2D eigenvalue weighted by atomic mass is 32.2. The number of aromatic nitrogens is 2. The lowest BCUT2D eigenvalue weighted by atomic mass is 10.1. The van der Waals surface area contributed by atoms with Gasteiger partial charge in [0.1, 0.15) is 5.56 Å². The average Bonchev–Trinajstić information content (AvgIpc) is 2.73. The summed E-state index contributed by atoms with van der Waals surface area (Å²) in [6, 6.07) is 10.7. The van der Waals surface area contributed by atoms with Gasteiger partial charge in [0.05, 0.1) is 16.8 Å². The number of halogens is 3. The van der Waals surface area contributed by atoms with E-state index in [-0.39, 0.29) is 22.1 Å². The fourth-order valence-electron chi connectivity index (χ4n) is 3.13. The zero-order chi connectivity index (χ0) is 25.3. The second-order valence-corrected chi connectivity index (χ2v) is 9.54. The van der Waals surface area contributed by atoms with Crippen LogP contribution in [0.2, 0.25) is 0 Å². The van der Waals surface area contributed by atoms with Crippen molar-refractivity contribution >= 4 is 21.3 Å². The molecule has 0 saturated heterocycles. The van der Waals surface area contributed by atoms with Gasteiger partial charge in [-0.05, 0) is 49.2 Å². The number of hydrogen-bond donors (Lipinski definition) is 2. The second-order valence-electron chi connectivity index (χ2n) is 7.39. The lowest BCUT2D eigenvalue weighted by Gasteiger charge is -2.18. The number of carbonyl (C=O) groups is 1. The Kier molecular flexibility index (Phi) is 6.82. The van der Waals surface area contributed by atoms with Crippen molar-refractivity contribution in [3.05, 3.63) is 64.8 Å². The summed E-state index contributed by atoms with van der Waals surface area (Å²) in [6.07, 6.45) is -3.65. The van der Waals surface area contributed by atoms with Crippen LogP contribution in [0.1, 0.15) is 27.2 Å². The highest BCUT2D eigenvalue weighted by Crippen LogP contribution is 2.38. The topological polar surface area (TPSA) is 114 Å². The summed E-state index contributed by atoms with van der Waals surface area (Å²) in [6.45, 7) is 2.78. The first-order valence-electron chi connectivity index (χ1n) is 9.74. The van der Waals surface area contributed by atoms with Crippen LogP contribution in [-0.2, 0) is 15.9 Å². The van der Waals surface area contributed by atoms with Crippen LogP contribution >= 0.6 is 0 Å². The summed E-state index contributed by atoms with van der Waals surface area (Å²) in [4.78, 5) is 13.3. The van der Waals surface area contributed by atoms with Crippen molar-refractivity contribution in [1.82, 2.24) is 10.2 Å². The van der Waals surface area contributed by atoms with Gasteiger partial charge in [-0.25, -0.2) is 8.99 Å². The van der Waals surface area contributed by atoms with Crippen molar-refractivity contribution in [3.63, 3.8) is 0 Å². The van der Waals surface area contributed by atoms with Crippen molar-refractivity contribution in [3.8, 4) is 17.4 Å². The van der Waals surface area contributed by atoms with E-state index >= 15 is 0 Å². The van der Waals surface area contributed by atoms with Crippen LogP contribution < -0.4 is 14.8 Å². The van der Waals surface area contributed by atoms with Gasteiger partial charge in [0.15, 0.2) is 17.2 Å². The minimum atomic E-state index is -4.86. The van der Waals surface area contributed by atoms with E-state index in [1.54, 1.807) is 25.1 Å². The quantitative estimate of drug-likeness (QED) is 0.487. The number of nitrogens with zero attached hydrogens (tertiary/aromatic N) is 2. The van der Waals surface area contributed by atoms with E-state index in [2.05, 4.69) is 15.5 Å². The molecular weight excluding hydrogens is 473 g/mol. The number of carbonyl (C=O) groups excluding carboxylic acids is 1. The summed E-state index contributed by atoms with van der Waals surface area (Å²) in [7, 11) is -1.69. The van der Waals surface area contributed by atoms with E-state index < -0.39 is 44.5 Å². The van der Waals surface area contributed by atoms with E-state index in [0.717, 1.165) is 6.92 Å². The summed E-state index contributed by atoms with van der Waals surface area (Å²) < 4.78 is 71.2. The number of benzene rings is 2. The fraction of sp³-hybridized carbons (Fsp3) is 0.227. The van der Waals surface area contributed by atoms with Gasteiger partial charge in [0.2, 0.25) is 0 Å². The molecule has 0 aliphatic rings. The lowest BCUT2D eigenvalue weighted by Crippen LogP contribution is -2.21. The van der Waals surface area contributed by atoms with E-state index in [9.17, 15) is 22.2 Å². The number of ether oxygens (including phenoxy) is 2. The van der Waals surface area contributed by atoms with Crippen LogP contribution in [0.5, 0.6) is 17.4 Å². The predicted octanol–water partition coefficient (Wildman–Crippen LogP) is 5.20. The molecule has 12 heteroatoms. The molecule has 0 saturated carbocycles. The zero-order valence-electron chi connectivity index (χ0n) is 18.6. The molecule has 0 spiro atoms. The molecule has 3 rings (SSSR count). The van der Waals surface area contributed by atoms with E-state index in [0.29, 0.717) is 5.56 Å². The van der Waals surface area contributed by atoms with Crippen LogP contribution in [0.4, 0.5) is 18.9 Å². The Morgan fingerprint density at radius 2 is 1.79 bits per heavy atom. The molecule has 2 N–H and O–H groups in total. The molecule has 0 radical (unpaired) electrons. The van der Waals surface area contributed by atoms with Crippen molar-refractivity contribution < 1.29 is 31.6 Å². The number of hydrogen-bond acceptors (Lipinski definition) is 7. The van der Waals surface area contributed by atoms with Crippen molar-refractivity contribution in [1.29, 1.82) is 4.78 Å². The van der Waals surface area contributed by atoms with Gasteiger partial charge in [-0.1, -0.05) is 18.2 Å². The number of methoxy groups -OCH3 is 1. The highest BCUT2D eigenvalue weighted by molar-refractivity contribution is 7.91. The Morgan fingerprint density at radius 1 is 1.12 bits per heavy atom. The van der Waals surface area contributed by atoms with E-state index in [1.807, 2.05) is 0 Å². The second kappa shape index (κ2) is 9.29. The molecule has 180 valence electrons. The maximum Gasteiger partial charge on any atom is 0.435 e. The smallest absolute Gasteiger partial charge is 0.435 e. The van der Waals surface area contributed by atoms with Crippen LogP contribution in [0.25, 0.3) is 0 Å². The van der Waals surface area contributed by atoms with Crippen LogP contribution in [0.3, 0.4) is 0 Å². The molecule has 1 atom stereocenters. The van der Waals surface area contributed by atoms with E-state index in [4.69, 9.17) is 14.3 Å². The Hall–Kier alpha value is -3.67. The van der Waals surface area contributed by atoms with Gasteiger partial charge < -0.3 is 14.8 Å². The normalized spacial score (nSPS) is 13.1. The SMILES string of the molecule is COc1cccc(C)c1Oc1nnc(C(F)(F)F)c(C)c1C(=O)Nc1cccc(S(C)(=N)=O)c1. The first-order valence-corrected chi connectivity index (χ1v) is 11.7. The predicted molar refractivity (Wildman–Crippen MR) is 119 cm³/mol. The molecule has 8 nitrogen and oxygen atoms in total. The molecule has 0 aliphatic carbocycles. The number of rotatable bonds is 6. The minimum absolute atomic E-state index is 0.133. The van der Waals surface area contributed by atoms with Crippen LogP contribution in [0, 0.1) is 18.6 Å². The molecule has 1 heterocycles. The number of nitrogens with one attached hydrogen (secondary N) is 2. The molecular formula is C22H21F3N4O4S. The number of anilines is 1. The standard InChI is InChI=1S/C22H21F3N4O4S/c1-12-7-5-10-16(32-3)18(12)33-21-17(13(2)19(28-29-21)22(23,24)25)20(30)27-14-8-6-9-15(11-14)34(4,26)31/h5-11,26H,1-4H3,(H,27,30). The Balaban J connectivity index is 2.12. The van der Waals surface area contributed by atoms with Crippen LogP contribution in [0.15, 0.2) is 47.4 Å². The number of alkyl halides is 3. The average molecular weight is 494 g/mol. The Bertz CT molecular complexity index is 1360. The third-order valence-electron chi connectivity index (χ3n) is 4.82. The fourth-order valence-corrected chi connectivity index (χ4v) is 3.82. The van der Waals surface area contributed by atoms with Gasteiger partial charge in [-0.2, -0.15) is 13.2 Å². The van der Waals surface area contributed by atoms with Gasteiger partial charge >= 0.3 is 6.18 Å². The molecule has 1 aromatic heterocycles. The van der Waals surface area contributed by atoms with Crippen molar-refractivity contribution in [2.24, 2.45) is 0 Å². The molecule has 2 aromatic carbocycles. The van der Waals surface area contributed by atoms with Gasteiger partial charge in [-0.3, -0.25) is 4.79 Å². The number of amides is 1. The molecule has 0 aliphatic heterocycles. The van der Waals surface area contributed by atoms with Crippen LogP contribution in [-0.4, -0.2) is 33.7 Å². The maximum atomic E-state index is 13.5.